The minimum absolute atomic E-state index is 0.0804. The smallest absolute Gasteiger partial charge is 0.471 e. The number of amides is 8. The number of pyridine rings is 2. The van der Waals surface area contributed by atoms with E-state index in [0.717, 1.165) is 53.2 Å². The van der Waals surface area contributed by atoms with Gasteiger partial charge < -0.3 is 63.5 Å². The highest BCUT2D eigenvalue weighted by Gasteiger charge is 2.53. The van der Waals surface area contributed by atoms with E-state index < -0.39 is 49.4 Å². The van der Waals surface area contributed by atoms with Gasteiger partial charge in [0.1, 0.15) is 59.1 Å². The Morgan fingerprint density at radius 2 is 1.16 bits per heavy atom. The van der Waals surface area contributed by atoms with E-state index in [-0.39, 0.29) is 96.5 Å². The fraction of sp³-hybridized carbons (Fsp3) is 0.262. The first kappa shape index (κ1) is 85.6. The number of urea groups is 1. The largest absolute Gasteiger partial charge is 0.494 e. The molecule has 3 aliphatic heterocycles. The molecule has 632 valence electrons. The number of hydrazone groups is 1. The van der Waals surface area contributed by atoms with E-state index >= 15 is 0 Å². The summed E-state index contributed by atoms with van der Waals surface area (Å²) in [6, 6.07) is 38.3. The number of ether oxygens (including phenoxy) is 2. The molecule has 2 aliphatic carbocycles. The molecule has 12 aromatic rings. The number of aryl methyl sites for hydroxylation is 3. The van der Waals surface area contributed by atoms with E-state index in [2.05, 4.69) is 59.7 Å². The first-order chi connectivity index (χ1) is 59.4. The molecule has 0 radical (unpaired) electrons. The van der Waals surface area contributed by atoms with E-state index in [1.165, 1.54) is 81.0 Å². The fourth-order valence-electron chi connectivity index (χ4n) is 14.4. The van der Waals surface area contributed by atoms with Crippen molar-refractivity contribution in [3.63, 3.8) is 0 Å². The standard InChI is InChI=1S/C25H26N7O8P.C24H23N7O4.C20H21ClN2O2.C15H13N5OS/c1-16-27-14-32(28-16)23-21-20(19(39-2)12-26-23)18(13-31(21)15-40-41(36,37)38)22(33)25(35)30-10-8-29(9-11-30)24(34)17-6-4-3-5-7-17;1-15-27-14-31(28-15)22-20-19(18(35-2)13-26-22)17(12-25-20)21(32)24(34)30-10-8-29(9-11-30)23(33)16-6-4-3-5-7-16;21-17-7-3-6-16(14-17)20(8-9-20)19(25)23-12-10-22(11-13-23)18(24)15-4-1-2-5-15;1-10-5-7-11(8-6-10)9-16-18-15(21)17-12-3-2-4-13-14(12)20-22-19-13/h3-7,12-14H,8-11,15H2,1-2H3,(H2,36,37,38);3-7,12-14,25H,8-11H2,1-2H3;1,3-7,14H,2,8-13H2;2-9H,1H3,(H2,17,18,21)/b;;;16-9+. The number of nitrogens with one attached hydrogen (secondary N) is 3. The van der Waals surface area contributed by atoms with Crippen LogP contribution in [0.3, 0.4) is 0 Å². The third-order valence-electron chi connectivity index (χ3n) is 21.0. The molecule has 7 aromatic heterocycles. The number of benzene rings is 5. The number of piperazine rings is 3. The summed E-state index contributed by atoms with van der Waals surface area (Å²) in [5.41, 5.74) is 9.86. The van der Waals surface area contributed by atoms with E-state index in [1.807, 2.05) is 120 Å². The highest BCUT2D eigenvalue weighted by atomic mass is 35.5. The number of phosphoric ester groups is 1. The van der Waals surface area contributed by atoms with Gasteiger partial charge in [-0.15, -0.1) is 0 Å². The maximum absolute atomic E-state index is 13.6. The van der Waals surface area contributed by atoms with E-state index in [1.54, 1.807) is 72.3 Å². The number of fused-ring (bicyclic) bond motifs is 3. The maximum Gasteiger partial charge on any atom is 0.471 e. The Morgan fingerprint density at radius 1 is 0.618 bits per heavy atom. The second-order valence-corrected chi connectivity index (χ2v) is 31.1. The Hall–Kier alpha value is -13.8. The molecule has 4 fully saturated rings. The molecule has 1 saturated carbocycles. The average molecular weight is 1730 g/mol. The van der Waals surface area contributed by atoms with Gasteiger partial charge in [0.2, 0.25) is 5.91 Å². The number of halogens is 1. The number of aromatic amines is 1. The molecule has 10 heterocycles. The normalized spacial score (nSPS) is 14.8. The SMILES string of the molecule is COc1cnc(-n2cnc(C)n2)c2[nH]cc(C(=O)C(=O)N3CCN(C(=O)c4ccccc4)CC3)c12.COc1cnc(-n2cnc(C)n2)c2c1c(C(=O)C(=O)N1CCN(C(=O)c3ccccc3)CC1)cn2COP(=O)(O)O.Cc1ccc(/C=N/NC(=O)Nc2cccc3nsnc23)cc1.O=C(C1=CCC=C1)N1CCN(C(=O)C2(c3cccc(Cl)c3)CC2)CC1. The van der Waals surface area contributed by atoms with Crippen LogP contribution < -0.4 is 20.2 Å². The zero-order valence-corrected chi connectivity index (χ0v) is 69.7. The number of hydrogen-bond donors (Lipinski definition) is 5. The quantitative estimate of drug-likeness (QED) is 0.0166. The van der Waals surface area contributed by atoms with Crippen LogP contribution in [0.4, 0.5) is 10.5 Å². The Morgan fingerprint density at radius 3 is 1.71 bits per heavy atom. The summed E-state index contributed by atoms with van der Waals surface area (Å²) in [6.45, 7) is 9.18. The van der Waals surface area contributed by atoms with Crippen molar-refractivity contribution in [1.29, 1.82) is 0 Å². The van der Waals surface area contributed by atoms with E-state index in [0.29, 0.717) is 101 Å². The van der Waals surface area contributed by atoms with Gasteiger partial charge in [0.15, 0.2) is 11.6 Å². The van der Waals surface area contributed by atoms with Crippen molar-refractivity contribution in [2.75, 3.05) is 98.1 Å². The summed E-state index contributed by atoms with van der Waals surface area (Å²) >= 11 is 7.21. The summed E-state index contributed by atoms with van der Waals surface area (Å²) in [4.78, 5) is 165. The lowest BCUT2D eigenvalue weighted by molar-refractivity contribution is -0.139. The van der Waals surface area contributed by atoms with Gasteiger partial charge in [-0.3, -0.25) is 42.9 Å². The molecular formula is C84H83ClN21O15PS. The van der Waals surface area contributed by atoms with Crippen LogP contribution in [-0.4, -0.2) is 249 Å². The molecule has 17 rings (SSSR count). The van der Waals surface area contributed by atoms with Crippen molar-refractivity contribution in [3.8, 4) is 23.1 Å². The first-order valence-corrected chi connectivity index (χ1v) is 41.5. The van der Waals surface area contributed by atoms with Gasteiger partial charge in [0.05, 0.1) is 83.1 Å². The number of carbonyl (C=O) groups is 9. The van der Waals surface area contributed by atoms with E-state index in [4.69, 9.17) is 25.6 Å². The third-order valence-corrected chi connectivity index (χ3v) is 22.2. The van der Waals surface area contributed by atoms with Crippen LogP contribution in [0.15, 0.2) is 194 Å². The molecule has 123 heavy (non-hydrogen) atoms. The molecule has 5 aliphatic rings. The van der Waals surface area contributed by atoms with Crippen LogP contribution in [0.25, 0.3) is 44.5 Å². The highest BCUT2D eigenvalue weighted by molar-refractivity contribution is 7.46. The van der Waals surface area contributed by atoms with Crippen LogP contribution in [-0.2, 0) is 40.4 Å². The fourth-order valence-corrected chi connectivity index (χ4v) is 15.4. The van der Waals surface area contributed by atoms with Crippen molar-refractivity contribution in [1.82, 2.24) is 92.6 Å². The van der Waals surface area contributed by atoms with Crippen molar-refractivity contribution < 1.29 is 71.5 Å². The molecular weight excluding hydrogens is 1640 g/mol. The summed E-state index contributed by atoms with van der Waals surface area (Å²) in [7, 11) is -2.07. The molecule has 8 amide bonds. The number of ketones is 2. The Bertz CT molecular complexity index is 6140. The highest BCUT2D eigenvalue weighted by Crippen LogP contribution is 2.50. The van der Waals surface area contributed by atoms with Gasteiger partial charge in [-0.05, 0) is 99.7 Å². The number of nitrogens with zero attached hydrogens (tertiary/aromatic N) is 18. The molecule has 0 bridgehead atoms. The predicted molar refractivity (Wildman–Crippen MR) is 454 cm³/mol. The second-order valence-electron chi connectivity index (χ2n) is 28.9. The molecule has 0 spiro atoms. The van der Waals surface area contributed by atoms with Gasteiger partial charge in [-0.1, -0.05) is 114 Å². The molecule has 0 atom stereocenters. The minimum Gasteiger partial charge on any atom is -0.494 e. The molecule has 36 nitrogen and oxygen atoms in total. The molecule has 3 saturated heterocycles. The third kappa shape index (κ3) is 19.6. The number of rotatable bonds is 19. The monoisotopic (exact) mass is 1720 g/mol. The number of H-pyrrole nitrogens is 1. The minimum atomic E-state index is -4.90. The number of allylic oxidation sites excluding steroid dienone is 2. The molecule has 5 aromatic carbocycles. The summed E-state index contributed by atoms with van der Waals surface area (Å²) < 4.78 is 39.4. The van der Waals surface area contributed by atoms with Gasteiger partial charge in [0.25, 0.3) is 41.1 Å². The zero-order chi connectivity index (χ0) is 86.6. The second kappa shape index (κ2) is 37.8. The number of hydrogen-bond acceptors (Lipinski definition) is 23. The maximum atomic E-state index is 13.6. The van der Waals surface area contributed by atoms with E-state index in [9.17, 15) is 57.5 Å². The number of carbonyl (C=O) groups excluding carboxylic acids is 9. The number of Topliss-reactive ketones (excluding diaryl/α,β-unsaturated/α-hetero) is 2. The van der Waals surface area contributed by atoms with Crippen molar-refractivity contribution in [3.05, 3.63) is 244 Å². The van der Waals surface area contributed by atoms with Crippen LogP contribution in [0.2, 0.25) is 5.02 Å². The lowest BCUT2D eigenvalue weighted by Crippen LogP contribution is -2.53. The summed E-state index contributed by atoms with van der Waals surface area (Å²) in [5.74, 6) is -0.869. The van der Waals surface area contributed by atoms with Crippen molar-refractivity contribution in [2.24, 2.45) is 5.10 Å². The number of anilines is 1. The summed E-state index contributed by atoms with van der Waals surface area (Å²) in [6.07, 6.45) is 18.5. The van der Waals surface area contributed by atoms with Gasteiger partial charge in [-0.25, -0.2) is 44.1 Å². The molecule has 5 N–H and O–H groups in total. The molecule has 39 heteroatoms. The van der Waals surface area contributed by atoms with Crippen LogP contribution in [0.1, 0.15) is 89.0 Å². The predicted octanol–water partition coefficient (Wildman–Crippen LogP) is 8.88. The Balaban J connectivity index is 0.000000137. The Labute approximate surface area is 712 Å². The average Bonchev–Trinajstić information content (AvgIpc) is 1.60. The number of aromatic nitrogens is 12. The Kier molecular flexibility index (Phi) is 26.3. The lowest BCUT2D eigenvalue weighted by atomic mass is 9.94. The van der Waals surface area contributed by atoms with Gasteiger partial charge in [-0.2, -0.15) is 24.0 Å². The van der Waals surface area contributed by atoms with Crippen LogP contribution in [0.5, 0.6) is 11.5 Å². The molecule has 0 unspecified atom stereocenters. The van der Waals surface area contributed by atoms with Gasteiger partial charge >= 0.3 is 13.9 Å². The number of phosphoric acid groups is 1. The topological polar surface area (TPSA) is 428 Å². The zero-order valence-electron chi connectivity index (χ0n) is 67.2. The lowest BCUT2D eigenvalue weighted by Gasteiger charge is -2.36. The van der Waals surface area contributed by atoms with Crippen LogP contribution in [0, 0.1) is 20.8 Å². The van der Waals surface area contributed by atoms with Crippen molar-refractivity contribution in [2.45, 2.75) is 52.2 Å². The number of methoxy groups -OCH3 is 2. The first-order valence-electron chi connectivity index (χ1n) is 38.9. The van der Waals surface area contributed by atoms with Crippen LogP contribution >= 0.6 is 31.2 Å². The summed E-state index contributed by atoms with van der Waals surface area (Å²) in [5, 5.41) is 16.4. The van der Waals surface area contributed by atoms with Crippen molar-refractivity contribution >= 4 is 129 Å². The van der Waals surface area contributed by atoms with Gasteiger partial charge in [0, 0.05) is 113 Å².